The summed E-state index contributed by atoms with van der Waals surface area (Å²) in [4.78, 5) is 20.3. The average molecular weight is 476 g/mol. The molecule has 0 radical (unpaired) electrons. The molecule has 3 aliphatic heterocycles. The van der Waals surface area contributed by atoms with Crippen LogP contribution < -0.4 is 4.74 Å². The lowest BCUT2D eigenvalue weighted by atomic mass is 9.77. The van der Waals surface area contributed by atoms with Crippen LogP contribution in [0.4, 0.5) is 0 Å². The molecule has 0 aliphatic carbocycles. The zero-order valence-corrected chi connectivity index (χ0v) is 21.7. The highest BCUT2D eigenvalue weighted by Crippen LogP contribution is 2.42. The normalized spacial score (nSPS) is 25.1. The molecule has 2 atom stereocenters. The van der Waals surface area contributed by atoms with Crippen molar-refractivity contribution in [3.63, 3.8) is 0 Å². The predicted octanol–water partition coefficient (Wildman–Crippen LogP) is 4.63. The lowest BCUT2D eigenvalue weighted by Gasteiger charge is -2.40. The van der Waals surface area contributed by atoms with E-state index < -0.39 is 0 Å². The summed E-state index contributed by atoms with van der Waals surface area (Å²) >= 11 is 0. The van der Waals surface area contributed by atoms with E-state index in [1.165, 1.54) is 30.8 Å². The van der Waals surface area contributed by atoms with E-state index in [4.69, 9.17) is 4.74 Å². The van der Waals surface area contributed by atoms with Crippen LogP contribution in [0, 0.1) is 11.3 Å². The third-order valence-electron chi connectivity index (χ3n) is 8.77. The van der Waals surface area contributed by atoms with Crippen molar-refractivity contribution in [2.24, 2.45) is 11.3 Å². The lowest BCUT2D eigenvalue weighted by molar-refractivity contribution is -0.128. The van der Waals surface area contributed by atoms with E-state index in [0.29, 0.717) is 36.8 Å². The van der Waals surface area contributed by atoms with Gasteiger partial charge in [-0.25, -0.2) is 0 Å². The summed E-state index contributed by atoms with van der Waals surface area (Å²) in [5.41, 5.74) is 2.83. The molecule has 3 fully saturated rings. The van der Waals surface area contributed by atoms with Gasteiger partial charge in [-0.1, -0.05) is 42.5 Å². The summed E-state index contributed by atoms with van der Waals surface area (Å²) in [6, 6.07) is 19.8. The average Bonchev–Trinajstić information content (AvgIpc) is 3.43. The highest BCUT2D eigenvalue weighted by atomic mass is 16.5. The first-order valence-electron chi connectivity index (χ1n) is 13.4. The zero-order chi connectivity index (χ0) is 24.4. The zero-order valence-electron chi connectivity index (χ0n) is 21.7. The van der Waals surface area contributed by atoms with Crippen molar-refractivity contribution in [3.05, 3.63) is 65.7 Å². The SMILES string of the molecule is COc1ccc(CN2CC3(CCN(C[C@H]4CN(C(C)C)C[C@@H]4c4ccccc4)CC3)CC2=O)cc1. The molecule has 188 valence electrons. The molecule has 2 aromatic carbocycles. The summed E-state index contributed by atoms with van der Waals surface area (Å²) in [5.74, 6) is 2.47. The van der Waals surface area contributed by atoms with E-state index in [-0.39, 0.29) is 5.41 Å². The van der Waals surface area contributed by atoms with E-state index >= 15 is 0 Å². The maximum absolute atomic E-state index is 12.9. The van der Waals surface area contributed by atoms with Crippen LogP contribution in [0.2, 0.25) is 0 Å². The molecule has 3 aliphatic rings. The molecule has 0 unspecified atom stereocenters. The second-order valence-corrected chi connectivity index (χ2v) is 11.4. The number of piperidine rings is 1. The number of benzene rings is 2. The molecule has 0 bridgehead atoms. The van der Waals surface area contributed by atoms with Crippen LogP contribution >= 0.6 is 0 Å². The Hall–Kier alpha value is -2.37. The summed E-state index contributed by atoms with van der Waals surface area (Å²) < 4.78 is 5.27. The maximum atomic E-state index is 12.9. The van der Waals surface area contributed by atoms with Gasteiger partial charge in [-0.3, -0.25) is 9.69 Å². The maximum Gasteiger partial charge on any atom is 0.223 e. The quantitative estimate of drug-likeness (QED) is 0.585. The summed E-state index contributed by atoms with van der Waals surface area (Å²) in [6.07, 6.45) is 2.98. The van der Waals surface area contributed by atoms with Gasteiger partial charge in [-0.05, 0) is 74.4 Å². The number of carbonyl (C=O) groups is 1. The fourth-order valence-corrected chi connectivity index (χ4v) is 6.54. The summed E-state index contributed by atoms with van der Waals surface area (Å²) in [7, 11) is 1.68. The van der Waals surface area contributed by atoms with Crippen LogP contribution in [-0.4, -0.2) is 73.0 Å². The minimum Gasteiger partial charge on any atom is -0.497 e. The largest absolute Gasteiger partial charge is 0.497 e. The Bertz CT molecular complexity index is 982. The predicted molar refractivity (Wildman–Crippen MR) is 141 cm³/mol. The van der Waals surface area contributed by atoms with Crippen LogP contribution in [0.15, 0.2) is 54.6 Å². The number of hydrogen-bond donors (Lipinski definition) is 0. The highest BCUT2D eigenvalue weighted by Gasteiger charge is 2.45. The Kier molecular flexibility index (Phi) is 7.17. The molecule has 0 saturated carbocycles. The molecule has 5 rings (SSSR count). The monoisotopic (exact) mass is 475 g/mol. The van der Waals surface area contributed by atoms with E-state index in [1.807, 2.05) is 12.1 Å². The smallest absolute Gasteiger partial charge is 0.223 e. The molecule has 3 heterocycles. The summed E-state index contributed by atoms with van der Waals surface area (Å²) in [6.45, 7) is 12.0. The number of amides is 1. The Labute approximate surface area is 211 Å². The van der Waals surface area contributed by atoms with Gasteiger partial charge in [0, 0.05) is 51.1 Å². The number of ether oxygens (including phenoxy) is 1. The Balaban J connectivity index is 1.18. The van der Waals surface area contributed by atoms with Gasteiger partial charge in [0.25, 0.3) is 0 Å². The molecule has 1 amide bonds. The fraction of sp³-hybridized carbons (Fsp3) is 0.567. The molecule has 5 heteroatoms. The molecular formula is C30H41N3O2. The second kappa shape index (κ2) is 10.3. The van der Waals surface area contributed by atoms with Gasteiger partial charge in [0.1, 0.15) is 5.75 Å². The van der Waals surface area contributed by atoms with Crippen molar-refractivity contribution in [1.29, 1.82) is 0 Å². The molecule has 3 saturated heterocycles. The number of carbonyl (C=O) groups excluding carboxylic acids is 1. The molecule has 2 aromatic rings. The minimum absolute atomic E-state index is 0.165. The number of nitrogens with zero attached hydrogens (tertiary/aromatic N) is 3. The van der Waals surface area contributed by atoms with Crippen LogP contribution in [0.5, 0.6) is 5.75 Å². The van der Waals surface area contributed by atoms with E-state index in [9.17, 15) is 4.79 Å². The molecule has 1 spiro atoms. The first-order valence-corrected chi connectivity index (χ1v) is 13.4. The van der Waals surface area contributed by atoms with Gasteiger partial charge in [-0.15, -0.1) is 0 Å². The van der Waals surface area contributed by atoms with Crippen molar-refractivity contribution in [2.75, 3.05) is 46.4 Å². The highest BCUT2D eigenvalue weighted by molar-refractivity contribution is 5.79. The van der Waals surface area contributed by atoms with E-state index in [0.717, 1.165) is 38.2 Å². The Morgan fingerprint density at radius 2 is 1.71 bits per heavy atom. The molecule has 5 nitrogen and oxygen atoms in total. The van der Waals surface area contributed by atoms with Gasteiger partial charge in [-0.2, -0.15) is 0 Å². The summed E-state index contributed by atoms with van der Waals surface area (Å²) in [5, 5.41) is 0. The number of rotatable bonds is 7. The van der Waals surface area contributed by atoms with Crippen molar-refractivity contribution in [1.82, 2.24) is 14.7 Å². The first-order chi connectivity index (χ1) is 16.9. The van der Waals surface area contributed by atoms with Gasteiger partial charge in [0.2, 0.25) is 5.91 Å². The molecule has 35 heavy (non-hydrogen) atoms. The van der Waals surface area contributed by atoms with Gasteiger partial charge >= 0.3 is 0 Å². The Morgan fingerprint density at radius 1 is 1.00 bits per heavy atom. The lowest BCUT2D eigenvalue weighted by Crippen LogP contribution is -2.44. The minimum atomic E-state index is 0.165. The number of likely N-dealkylation sites (tertiary alicyclic amines) is 3. The fourth-order valence-electron chi connectivity index (χ4n) is 6.54. The second-order valence-electron chi connectivity index (χ2n) is 11.4. The van der Waals surface area contributed by atoms with Crippen LogP contribution in [0.3, 0.4) is 0 Å². The van der Waals surface area contributed by atoms with Crippen molar-refractivity contribution >= 4 is 5.91 Å². The Morgan fingerprint density at radius 3 is 2.37 bits per heavy atom. The van der Waals surface area contributed by atoms with E-state index in [1.54, 1.807) is 7.11 Å². The first kappa shape index (κ1) is 24.3. The van der Waals surface area contributed by atoms with Crippen LogP contribution in [-0.2, 0) is 11.3 Å². The third kappa shape index (κ3) is 5.41. The molecule has 0 N–H and O–H groups in total. The number of hydrogen-bond acceptors (Lipinski definition) is 4. The van der Waals surface area contributed by atoms with Crippen LogP contribution in [0.25, 0.3) is 0 Å². The third-order valence-corrected chi connectivity index (χ3v) is 8.77. The number of methoxy groups -OCH3 is 1. The van der Waals surface area contributed by atoms with Crippen LogP contribution in [0.1, 0.15) is 50.2 Å². The van der Waals surface area contributed by atoms with Gasteiger partial charge in [0.15, 0.2) is 0 Å². The molecule has 0 aromatic heterocycles. The van der Waals surface area contributed by atoms with Crippen molar-refractivity contribution < 1.29 is 9.53 Å². The van der Waals surface area contributed by atoms with Gasteiger partial charge in [0.05, 0.1) is 7.11 Å². The van der Waals surface area contributed by atoms with Crippen molar-refractivity contribution in [2.45, 2.75) is 51.6 Å². The van der Waals surface area contributed by atoms with Crippen molar-refractivity contribution in [3.8, 4) is 5.75 Å². The molecular weight excluding hydrogens is 434 g/mol. The van der Waals surface area contributed by atoms with E-state index in [2.05, 4.69) is 71.0 Å². The standard InChI is InChI=1S/C30H41N3O2/c1-23(2)32-20-26(28(21-32)25-7-5-4-6-8-25)19-31-15-13-30(14-16-31)17-29(34)33(22-30)18-24-9-11-27(35-3)12-10-24/h4-12,23,26,28H,13-22H2,1-3H3/t26-,28+/m0/s1. The van der Waals surface area contributed by atoms with Gasteiger partial charge < -0.3 is 14.5 Å². The topological polar surface area (TPSA) is 36.0 Å².